The molecule has 2 heteroatoms. The van der Waals surface area contributed by atoms with Crippen LogP contribution in [-0.2, 0) is 0 Å². The molecular weight excluding hydrogens is 196 g/mol. The molecule has 3 rings (SSSR count). The molecular formula is C14H26N2. The van der Waals surface area contributed by atoms with Gasteiger partial charge < -0.3 is 10.2 Å². The van der Waals surface area contributed by atoms with Crippen molar-refractivity contribution in [1.82, 2.24) is 10.2 Å². The van der Waals surface area contributed by atoms with Gasteiger partial charge in [0.2, 0.25) is 0 Å². The SMILES string of the molecule is C1CC(CC2CCN(C3CC3)CC2)CCN1. The highest BCUT2D eigenvalue weighted by molar-refractivity contribution is 4.87. The smallest absolute Gasteiger partial charge is 0.00964 e. The van der Waals surface area contributed by atoms with Crippen molar-refractivity contribution < 1.29 is 0 Å². The van der Waals surface area contributed by atoms with Crippen LogP contribution in [0.1, 0.15) is 44.9 Å². The van der Waals surface area contributed by atoms with E-state index in [1.54, 1.807) is 0 Å². The van der Waals surface area contributed by atoms with Crippen molar-refractivity contribution in [3.63, 3.8) is 0 Å². The van der Waals surface area contributed by atoms with Crippen LogP contribution in [0, 0.1) is 11.8 Å². The fraction of sp³-hybridized carbons (Fsp3) is 1.00. The predicted molar refractivity (Wildman–Crippen MR) is 67.5 cm³/mol. The molecule has 1 saturated carbocycles. The van der Waals surface area contributed by atoms with Gasteiger partial charge >= 0.3 is 0 Å². The highest BCUT2D eigenvalue weighted by Crippen LogP contribution is 2.33. The second kappa shape index (κ2) is 5.05. The molecule has 3 fully saturated rings. The maximum atomic E-state index is 3.47. The number of rotatable bonds is 3. The average Bonchev–Trinajstić information content (AvgIpc) is 3.15. The second-order valence-corrected chi connectivity index (χ2v) is 6.14. The van der Waals surface area contributed by atoms with Crippen LogP contribution in [0.4, 0.5) is 0 Å². The first-order valence-electron chi connectivity index (χ1n) is 7.36. The van der Waals surface area contributed by atoms with Crippen LogP contribution in [0.3, 0.4) is 0 Å². The molecule has 0 spiro atoms. The summed E-state index contributed by atoms with van der Waals surface area (Å²) in [6, 6.07) is 1.000. The fourth-order valence-corrected chi connectivity index (χ4v) is 3.58. The summed E-state index contributed by atoms with van der Waals surface area (Å²) in [5.41, 5.74) is 0. The van der Waals surface area contributed by atoms with E-state index in [1.807, 2.05) is 0 Å². The molecule has 2 aliphatic heterocycles. The van der Waals surface area contributed by atoms with E-state index >= 15 is 0 Å². The Morgan fingerprint density at radius 1 is 0.812 bits per heavy atom. The monoisotopic (exact) mass is 222 g/mol. The Bertz CT molecular complexity index is 211. The quantitative estimate of drug-likeness (QED) is 0.788. The summed E-state index contributed by atoms with van der Waals surface area (Å²) in [7, 11) is 0. The predicted octanol–water partition coefficient (Wildman–Crippen LogP) is 2.25. The van der Waals surface area contributed by atoms with Crippen molar-refractivity contribution in [3.8, 4) is 0 Å². The normalized spacial score (nSPS) is 30.8. The van der Waals surface area contributed by atoms with Gasteiger partial charge in [-0.05, 0) is 83.0 Å². The Hall–Kier alpha value is -0.0800. The van der Waals surface area contributed by atoms with Gasteiger partial charge in [0.05, 0.1) is 0 Å². The minimum absolute atomic E-state index is 1.000. The molecule has 3 aliphatic rings. The van der Waals surface area contributed by atoms with Gasteiger partial charge in [-0.3, -0.25) is 0 Å². The molecule has 1 aliphatic carbocycles. The lowest BCUT2D eigenvalue weighted by molar-refractivity contribution is 0.153. The van der Waals surface area contributed by atoms with Crippen LogP contribution in [0.2, 0.25) is 0 Å². The summed E-state index contributed by atoms with van der Waals surface area (Å²) in [6.45, 7) is 5.35. The number of nitrogens with one attached hydrogen (secondary N) is 1. The van der Waals surface area contributed by atoms with Crippen molar-refractivity contribution in [2.45, 2.75) is 51.0 Å². The molecule has 0 unspecified atom stereocenters. The van der Waals surface area contributed by atoms with Gasteiger partial charge in [0.15, 0.2) is 0 Å². The molecule has 92 valence electrons. The molecule has 0 amide bonds. The Labute approximate surface area is 99.8 Å². The summed E-state index contributed by atoms with van der Waals surface area (Å²) < 4.78 is 0. The molecule has 1 N–H and O–H groups in total. The van der Waals surface area contributed by atoms with Gasteiger partial charge in [-0.15, -0.1) is 0 Å². The van der Waals surface area contributed by atoms with Crippen LogP contribution < -0.4 is 5.32 Å². The third kappa shape index (κ3) is 2.78. The molecule has 0 aromatic carbocycles. The topological polar surface area (TPSA) is 15.3 Å². The second-order valence-electron chi connectivity index (χ2n) is 6.14. The molecule has 0 bridgehead atoms. The van der Waals surface area contributed by atoms with Gasteiger partial charge in [0, 0.05) is 6.04 Å². The Morgan fingerprint density at radius 3 is 2.06 bits per heavy atom. The average molecular weight is 222 g/mol. The van der Waals surface area contributed by atoms with E-state index in [2.05, 4.69) is 10.2 Å². The Balaban J connectivity index is 1.39. The van der Waals surface area contributed by atoms with E-state index in [0.717, 1.165) is 17.9 Å². The summed E-state index contributed by atoms with van der Waals surface area (Å²) in [4.78, 5) is 2.75. The van der Waals surface area contributed by atoms with E-state index in [9.17, 15) is 0 Å². The maximum Gasteiger partial charge on any atom is 0.00964 e. The zero-order chi connectivity index (χ0) is 10.8. The van der Waals surface area contributed by atoms with Crippen LogP contribution in [0.15, 0.2) is 0 Å². The summed E-state index contributed by atoms with van der Waals surface area (Å²) in [5, 5.41) is 3.47. The molecule has 16 heavy (non-hydrogen) atoms. The van der Waals surface area contributed by atoms with Gasteiger partial charge in [-0.2, -0.15) is 0 Å². The molecule has 2 heterocycles. The van der Waals surface area contributed by atoms with E-state index in [4.69, 9.17) is 0 Å². The molecule has 2 nitrogen and oxygen atoms in total. The number of likely N-dealkylation sites (tertiary alicyclic amines) is 1. The van der Waals surface area contributed by atoms with E-state index in [0.29, 0.717) is 0 Å². The summed E-state index contributed by atoms with van der Waals surface area (Å²) in [5.74, 6) is 2.09. The van der Waals surface area contributed by atoms with Crippen LogP contribution in [-0.4, -0.2) is 37.1 Å². The lowest BCUT2D eigenvalue weighted by Gasteiger charge is -2.34. The number of hydrogen-bond donors (Lipinski definition) is 1. The highest BCUT2D eigenvalue weighted by Gasteiger charge is 2.32. The van der Waals surface area contributed by atoms with Gasteiger partial charge in [0.1, 0.15) is 0 Å². The Morgan fingerprint density at radius 2 is 1.44 bits per heavy atom. The highest BCUT2D eigenvalue weighted by atomic mass is 15.2. The molecule has 0 aromatic heterocycles. The van der Waals surface area contributed by atoms with Crippen LogP contribution in [0.5, 0.6) is 0 Å². The van der Waals surface area contributed by atoms with Crippen molar-refractivity contribution in [1.29, 1.82) is 0 Å². The zero-order valence-corrected chi connectivity index (χ0v) is 10.5. The van der Waals surface area contributed by atoms with Gasteiger partial charge in [0.25, 0.3) is 0 Å². The van der Waals surface area contributed by atoms with Gasteiger partial charge in [-0.25, -0.2) is 0 Å². The Kier molecular flexibility index (Phi) is 3.49. The summed E-state index contributed by atoms with van der Waals surface area (Å²) in [6.07, 6.45) is 10.3. The first-order valence-corrected chi connectivity index (χ1v) is 7.36. The fourth-order valence-electron chi connectivity index (χ4n) is 3.58. The number of piperidine rings is 2. The van der Waals surface area contributed by atoms with Crippen molar-refractivity contribution in [2.24, 2.45) is 11.8 Å². The minimum Gasteiger partial charge on any atom is -0.317 e. The first kappa shape index (κ1) is 11.0. The largest absolute Gasteiger partial charge is 0.317 e. The first-order chi connectivity index (χ1) is 7.92. The molecule has 0 radical (unpaired) electrons. The lowest BCUT2D eigenvalue weighted by atomic mass is 9.83. The van der Waals surface area contributed by atoms with E-state index in [1.165, 1.54) is 71.1 Å². The van der Waals surface area contributed by atoms with Crippen molar-refractivity contribution in [2.75, 3.05) is 26.2 Å². The molecule has 2 saturated heterocycles. The van der Waals surface area contributed by atoms with E-state index < -0.39 is 0 Å². The van der Waals surface area contributed by atoms with Crippen LogP contribution >= 0.6 is 0 Å². The third-order valence-electron chi connectivity index (χ3n) is 4.84. The number of nitrogens with zero attached hydrogens (tertiary/aromatic N) is 1. The molecule has 0 atom stereocenters. The van der Waals surface area contributed by atoms with Crippen molar-refractivity contribution >= 4 is 0 Å². The standard InChI is InChI=1S/C14H26N2/c1-2-14(1)16-9-5-13(6-10-16)11-12-3-7-15-8-4-12/h12-15H,1-11H2. The maximum absolute atomic E-state index is 3.47. The zero-order valence-electron chi connectivity index (χ0n) is 10.5. The van der Waals surface area contributed by atoms with E-state index in [-0.39, 0.29) is 0 Å². The minimum atomic E-state index is 1.000. The molecule has 0 aromatic rings. The van der Waals surface area contributed by atoms with Crippen molar-refractivity contribution in [3.05, 3.63) is 0 Å². The van der Waals surface area contributed by atoms with Crippen LogP contribution in [0.25, 0.3) is 0 Å². The third-order valence-corrected chi connectivity index (χ3v) is 4.84. The lowest BCUT2D eigenvalue weighted by Crippen LogP contribution is -2.36. The number of hydrogen-bond acceptors (Lipinski definition) is 2. The summed E-state index contributed by atoms with van der Waals surface area (Å²) >= 11 is 0. The van der Waals surface area contributed by atoms with Gasteiger partial charge in [-0.1, -0.05) is 0 Å².